The number of aromatic nitrogens is 2. The molecular weight excluding hydrogens is 422 g/mol. The Hall–Kier alpha value is -3.21. The first kappa shape index (κ1) is 22.5. The lowest BCUT2D eigenvalue weighted by molar-refractivity contribution is -0.121. The molecule has 1 aliphatic heterocycles. The van der Waals surface area contributed by atoms with Gasteiger partial charge in [-0.3, -0.25) is 9.59 Å². The minimum absolute atomic E-state index is 0.0110. The Bertz CT molecular complexity index is 1000. The van der Waals surface area contributed by atoms with Crippen LogP contribution in [0.15, 0.2) is 33.8 Å². The molecule has 1 atom stereocenters. The average Bonchev–Trinajstić information content (AvgIpc) is 3.32. The standard InChI is InChI=1S/C20H23N5O5S/c1-4-25(5-2)20-23-18(27)15(31-20)10-16(26)22-14-8-6-7-13(9-14)19(28)29-11-17-21-12(3)24-30-17/h6-9,15H,4-5,10-11H2,1-3H3,(H,22,26). The van der Waals surface area contributed by atoms with Crippen LogP contribution in [-0.4, -0.2) is 56.3 Å². The monoisotopic (exact) mass is 445 g/mol. The number of nitrogens with zero attached hydrogens (tertiary/aromatic N) is 4. The molecule has 2 aromatic rings. The normalized spacial score (nSPS) is 15.5. The van der Waals surface area contributed by atoms with Gasteiger partial charge in [0.05, 0.1) is 5.56 Å². The van der Waals surface area contributed by atoms with Gasteiger partial charge in [-0.25, -0.2) is 4.79 Å². The zero-order valence-corrected chi connectivity index (χ0v) is 18.3. The van der Waals surface area contributed by atoms with Gasteiger partial charge in [0.2, 0.25) is 5.91 Å². The molecule has 31 heavy (non-hydrogen) atoms. The van der Waals surface area contributed by atoms with E-state index in [1.54, 1.807) is 25.1 Å². The number of carbonyl (C=O) groups is 3. The van der Waals surface area contributed by atoms with Crippen LogP contribution in [0.25, 0.3) is 0 Å². The van der Waals surface area contributed by atoms with Gasteiger partial charge in [-0.1, -0.05) is 23.0 Å². The largest absolute Gasteiger partial charge is 0.452 e. The molecule has 1 aromatic carbocycles. The van der Waals surface area contributed by atoms with Crippen molar-refractivity contribution in [2.24, 2.45) is 4.99 Å². The third-order valence-electron chi connectivity index (χ3n) is 4.41. The lowest BCUT2D eigenvalue weighted by Gasteiger charge is -2.19. The number of amides is 2. The molecule has 1 aliphatic rings. The highest BCUT2D eigenvalue weighted by atomic mass is 32.2. The fourth-order valence-corrected chi connectivity index (χ4v) is 4.04. The first-order chi connectivity index (χ1) is 14.9. The van der Waals surface area contributed by atoms with Crippen molar-refractivity contribution in [2.45, 2.75) is 39.0 Å². The topological polar surface area (TPSA) is 127 Å². The summed E-state index contributed by atoms with van der Waals surface area (Å²) < 4.78 is 10.0. The number of nitrogens with one attached hydrogen (secondary N) is 1. The van der Waals surface area contributed by atoms with Gasteiger partial charge >= 0.3 is 5.97 Å². The Labute approximate surface area is 183 Å². The van der Waals surface area contributed by atoms with Crippen molar-refractivity contribution >= 4 is 40.4 Å². The van der Waals surface area contributed by atoms with Crippen LogP contribution in [0.3, 0.4) is 0 Å². The van der Waals surface area contributed by atoms with Crippen molar-refractivity contribution in [3.8, 4) is 0 Å². The lowest BCUT2D eigenvalue weighted by Crippen LogP contribution is -2.27. The highest BCUT2D eigenvalue weighted by Crippen LogP contribution is 2.27. The van der Waals surface area contributed by atoms with Crippen LogP contribution in [0.5, 0.6) is 0 Å². The molecule has 11 heteroatoms. The zero-order chi connectivity index (χ0) is 22.4. The van der Waals surface area contributed by atoms with E-state index < -0.39 is 11.2 Å². The second-order valence-electron chi connectivity index (χ2n) is 6.66. The number of amidine groups is 1. The first-order valence-corrected chi connectivity index (χ1v) is 10.7. The molecule has 0 saturated heterocycles. The van der Waals surface area contributed by atoms with Crippen LogP contribution in [0.2, 0.25) is 0 Å². The van der Waals surface area contributed by atoms with E-state index in [4.69, 9.17) is 9.26 Å². The average molecular weight is 446 g/mol. The molecule has 3 rings (SSSR count). The maximum absolute atomic E-state index is 12.4. The molecule has 10 nitrogen and oxygen atoms in total. The molecule has 0 saturated carbocycles. The molecule has 2 amide bonds. The van der Waals surface area contributed by atoms with Gasteiger partial charge in [0.1, 0.15) is 5.25 Å². The van der Waals surface area contributed by atoms with Crippen LogP contribution in [0.1, 0.15) is 42.3 Å². The fraction of sp³-hybridized carbons (Fsp3) is 0.400. The lowest BCUT2D eigenvalue weighted by atomic mass is 10.2. The molecule has 1 N–H and O–H groups in total. The Morgan fingerprint density at radius 1 is 1.29 bits per heavy atom. The van der Waals surface area contributed by atoms with E-state index in [1.165, 1.54) is 17.8 Å². The number of thioether (sulfide) groups is 1. The van der Waals surface area contributed by atoms with Crippen molar-refractivity contribution in [2.75, 3.05) is 18.4 Å². The maximum atomic E-state index is 12.4. The molecule has 0 aliphatic carbocycles. The smallest absolute Gasteiger partial charge is 0.338 e. The number of anilines is 1. The van der Waals surface area contributed by atoms with Crippen LogP contribution in [-0.2, 0) is 20.9 Å². The number of hydrogen-bond acceptors (Lipinski definition) is 9. The Kier molecular flexibility index (Phi) is 7.40. The summed E-state index contributed by atoms with van der Waals surface area (Å²) in [6.45, 7) is 6.96. The number of ether oxygens (including phenoxy) is 1. The Morgan fingerprint density at radius 2 is 2.06 bits per heavy atom. The van der Waals surface area contributed by atoms with E-state index in [9.17, 15) is 14.4 Å². The van der Waals surface area contributed by atoms with E-state index in [0.29, 0.717) is 16.7 Å². The van der Waals surface area contributed by atoms with Crippen LogP contribution < -0.4 is 5.32 Å². The highest BCUT2D eigenvalue weighted by molar-refractivity contribution is 8.15. The van der Waals surface area contributed by atoms with Crippen molar-refractivity contribution in [3.05, 3.63) is 41.5 Å². The molecule has 1 aromatic heterocycles. The van der Waals surface area contributed by atoms with Gasteiger partial charge in [-0.2, -0.15) is 9.98 Å². The fourth-order valence-electron chi connectivity index (χ4n) is 2.85. The first-order valence-electron chi connectivity index (χ1n) is 9.80. The van der Waals surface area contributed by atoms with E-state index >= 15 is 0 Å². The van der Waals surface area contributed by atoms with Gasteiger partial charge in [0.25, 0.3) is 11.8 Å². The van der Waals surface area contributed by atoms with Gasteiger partial charge in [0.15, 0.2) is 17.6 Å². The SMILES string of the molecule is CCN(CC)C1=NC(=O)C(CC(=O)Nc2cccc(C(=O)OCc3nc(C)no3)c2)S1. The molecule has 0 radical (unpaired) electrons. The Morgan fingerprint density at radius 3 is 2.74 bits per heavy atom. The quantitative estimate of drug-likeness (QED) is 0.609. The maximum Gasteiger partial charge on any atom is 0.338 e. The summed E-state index contributed by atoms with van der Waals surface area (Å²) in [4.78, 5) is 46.8. The predicted octanol–water partition coefficient (Wildman–Crippen LogP) is 2.40. The summed E-state index contributed by atoms with van der Waals surface area (Å²) in [6, 6.07) is 6.34. The molecule has 0 spiro atoms. The van der Waals surface area contributed by atoms with Crippen molar-refractivity contribution in [1.29, 1.82) is 0 Å². The molecular formula is C20H23N5O5S. The minimum Gasteiger partial charge on any atom is -0.452 e. The van der Waals surface area contributed by atoms with E-state index in [1.807, 2.05) is 18.7 Å². The summed E-state index contributed by atoms with van der Waals surface area (Å²) in [5.74, 6) is -0.597. The number of esters is 1. The Balaban J connectivity index is 1.54. The van der Waals surface area contributed by atoms with Crippen LogP contribution in [0, 0.1) is 6.92 Å². The van der Waals surface area contributed by atoms with Crippen LogP contribution in [0.4, 0.5) is 5.69 Å². The number of carbonyl (C=O) groups excluding carboxylic acids is 3. The second kappa shape index (κ2) is 10.2. The summed E-state index contributed by atoms with van der Waals surface area (Å²) in [5.41, 5.74) is 0.681. The predicted molar refractivity (Wildman–Crippen MR) is 115 cm³/mol. The third kappa shape index (κ3) is 5.91. The summed E-state index contributed by atoms with van der Waals surface area (Å²) >= 11 is 1.30. The van der Waals surface area contributed by atoms with E-state index in [-0.39, 0.29) is 36.3 Å². The van der Waals surface area contributed by atoms with Gasteiger partial charge in [-0.05, 0) is 39.0 Å². The molecule has 0 bridgehead atoms. The number of benzene rings is 1. The number of rotatable bonds is 8. The van der Waals surface area contributed by atoms with Crippen molar-refractivity contribution < 1.29 is 23.6 Å². The van der Waals surface area contributed by atoms with Crippen molar-refractivity contribution in [1.82, 2.24) is 15.0 Å². The van der Waals surface area contributed by atoms with Crippen molar-refractivity contribution in [3.63, 3.8) is 0 Å². The van der Waals surface area contributed by atoms with Gasteiger partial charge in [0, 0.05) is 25.2 Å². The van der Waals surface area contributed by atoms with E-state index in [2.05, 4.69) is 20.4 Å². The molecule has 164 valence electrons. The second-order valence-corrected chi connectivity index (χ2v) is 7.83. The number of aliphatic imine (C=N–C) groups is 1. The molecule has 1 unspecified atom stereocenters. The number of hydrogen-bond donors (Lipinski definition) is 1. The van der Waals surface area contributed by atoms with E-state index in [0.717, 1.165) is 13.1 Å². The summed E-state index contributed by atoms with van der Waals surface area (Å²) in [5, 5.41) is 6.43. The number of aryl methyl sites for hydroxylation is 1. The minimum atomic E-state index is -0.592. The highest BCUT2D eigenvalue weighted by Gasteiger charge is 2.32. The molecule has 0 fully saturated rings. The zero-order valence-electron chi connectivity index (χ0n) is 17.5. The van der Waals surface area contributed by atoms with Gasteiger partial charge < -0.3 is 19.5 Å². The molecule has 2 heterocycles. The van der Waals surface area contributed by atoms with Crippen LogP contribution >= 0.6 is 11.8 Å². The van der Waals surface area contributed by atoms with Gasteiger partial charge in [-0.15, -0.1) is 0 Å². The summed E-state index contributed by atoms with van der Waals surface area (Å²) in [6.07, 6.45) is -0.0110. The third-order valence-corrected chi connectivity index (χ3v) is 5.63. The summed E-state index contributed by atoms with van der Waals surface area (Å²) in [7, 11) is 0.